The number of nitrogens with zero attached hydrogens (tertiary/aromatic N) is 2. The van der Waals surface area contributed by atoms with Crippen LogP contribution in [0.4, 0.5) is 5.82 Å². The van der Waals surface area contributed by atoms with Crippen LogP contribution in [0.15, 0.2) is 42.9 Å². The first-order valence-electron chi connectivity index (χ1n) is 6.56. The molecule has 4 nitrogen and oxygen atoms in total. The van der Waals surface area contributed by atoms with Crippen molar-refractivity contribution in [3.05, 3.63) is 53.4 Å². The highest BCUT2D eigenvalue weighted by Crippen LogP contribution is 2.16. The molecule has 1 N–H and O–H groups in total. The molecule has 1 heterocycles. The van der Waals surface area contributed by atoms with Crippen LogP contribution in [0.5, 0.6) is 0 Å². The zero-order chi connectivity index (χ0) is 14.2. The molecule has 0 fully saturated rings. The third kappa shape index (κ3) is 4.79. The summed E-state index contributed by atoms with van der Waals surface area (Å²) in [5, 5.41) is 3.73. The Kier molecular flexibility index (Phi) is 5.77. The van der Waals surface area contributed by atoms with Gasteiger partial charge < -0.3 is 10.1 Å². The molecule has 0 saturated heterocycles. The van der Waals surface area contributed by atoms with E-state index in [0.29, 0.717) is 30.0 Å². The summed E-state index contributed by atoms with van der Waals surface area (Å²) in [7, 11) is 0. The molecule has 0 saturated carbocycles. The number of halogens is 1. The van der Waals surface area contributed by atoms with E-state index >= 15 is 0 Å². The fraction of sp³-hybridized carbons (Fsp3) is 0.333. The Morgan fingerprint density at radius 1 is 1.30 bits per heavy atom. The van der Waals surface area contributed by atoms with Crippen molar-refractivity contribution in [2.24, 2.45) is 5.92 Å². The number of aromatic nitrogens is 2. The van der Waals surface area contributed by atoms with E-state index in [0.717, 1.165) is 6.54 Å². The molecule has 0 amide bonds. The average molecular weight is 292 g/mol. The molecule has 5 heteroatoms. The summed E-state index contributed by atoms with van der Waals surface area (Å²) in [4.78, 5) is 7.93. The average Bonchev–Trinajstić information content (AvgIpc) is 2.47. The van der Waals surface area contributed by atoms with E-state index in [-0.39, 0.29) is 0 Å². The van der Waals surface area contributed by atoms with Crippen molar-refractivity contribution in [3.63, 3.8) is 0 Å². The Morgan fingerprint density at radius 3 is 2.85 bits per heavy atom. The zero-order valence-corrected chi connectivity index (χ0v) is 12.2. The maximum absolute atomic E-state index is 5.97. The second kappa shape index (κ2) is 7.82. The Bertz CT molecular complexity index is 522. The van der Waals surface area contributed by atoms with Gasteiger partial charge in [0.05, 0.1) is 19.4 Å². The minimum atomic E-state index is 0.366. The first-order chi connectivity index (χ1) is 9.75. The van der Waals surface area contributed by atoms with E-state index in [4.69, 9.17) is 16.3 Å². The minimum absolute atomic E-state index is 0.366. The van der Waals surface area contributed by atoms with Crippen LogP contribution in [0.2, 0.25) is 5.02 Å². The molecule has 0 aliphatic carbocycles. The SMILES string of the molecule is CC(CNc1ncncc1Cl)COCc1ccccc1. The van der Waals surface area contributed by atoms with Crippen LogP contribution in [0, 0.1) is 5.92 Å². The fourth-order valence-electron chi connectivity index (χ4n) is 1.72. The molecule has 2 aromatic rings. The van der Waals surface area contributed by atoms with E-state index in [1.54, 1.807) is 6.20 Å². The number of rotatable bonds is 7. The first-order valence-corrected chi connectivity index (χ1v) is 6.94. The Morgan fingerprint density at radius 2 is 2.10 bits per heavy atom. The predicted molar refractivity (Wildman–Crippen MR) is 80.8 cm³/mol. The lowest BCUT2D eigenvalue weighted by Gasteiger charge is -2.14. The maximum atomic E-state index is 5.97. The number of hydrogen-bond acceptors (Lipinski definition) is 4. The van der Waals surface area contributed by atoms with E-state index in [2.05, 4.69) is 34.3 Å². The minimum Gasteiger partial charge on any atom is -0.376 e. The van der Waals surface area contributed by atoms with Crippen LogP contribution >= 0.6 is 11.6 Å². The second-order valence-electron chi connectivity index (χ2n) is 4.71. The highest BCUT2D eigenvalue weighted by molar-refractivity contribution is 6.32. The van der Waals surface area contributed by atoms with Gasteiger partial charge in [-0.3, -0.25) is 0 Å². The molecular formula is C15H18ClN3O. The number of benzene rings is 1. The third-order valence-corrected chi connectivity index (χ3v) is 3.08. The van der Waals surface area contributed by atoms with Crippen LogP contribution in [-0.4, -0.2) is 23.1 Å². The summed E-state index contributed by atoms with van der Waals surface area (Å²) in [5.41, 5.74) is 1.19. The standard InChI is InChI=1S/C15H18ClN3O/c1-12(7-18-15-14(16)8-17-11-19-15)9-20-10-13-5-3-2-4-6-13/h2-6,8,11-12H,7,9-10H2,1H3,(H,17,18,19). The van der Waals surface area contributed by atoms with Crippen molar-refractivity contribution in [2.75, 3.05) is 18.5 Å². The van der Waals surface area contributed by atoms with E-state index in [1.807, 2.05) is 18.2 Å². The van der Waals surface area contributed by atoms with Crippen molar-refractivity contribution < 1.29 is 4.74 Å². The van der Waals surface area contributed by atoms with Gasteiger partial charge in [-0.05, 0) is 11.5 Å². The van der Waals surface area contributed by atoms with E-state index in [1.165, 1.54) is 11.9 Å². The number of ether oxygens (including phenoxy) is 1. The lowest BCUT2D eigenvalue weighted by molar-refractivity contribution is 0.0954. The Balaban J connectivity index is 1.68. The predicted octanol–water partition coefficient (Wildman–Crippen LogP) is 3.39. The summed E-state index contributed by atoms with van der Waals surface area (Å²) in [6.07, 6.45) is 3.05. The van der Waals surface area contributed by atoms with Crippen molar-refractivity contribution in [2.45, 2.75) is 13.5 Å². The number of anilines is 1. The monoisotopic (exact) mass is 291 g/mol. The normalized spacial score (nSPS) is 12.1. The summed E-state index contributed by atoms with van der Waals surface area (Å²) in [5.74, 6) is 1.03. The highest BCUT2D eigenvalue weighted by atomic mass is 35.5. The summed E-state index contributed by atoms with van der Waals surface area (Å²) >= 11 is 5.97. The van der Waals surface area contributed by atoms with Gasteiger partial charge in [-0.25, -0.2) is 9.97 Å². The van der Waals surface area contributed by atoms with Gasteiger partial charge in [0.2, 0.25) is 0 Å². The molecule has 0 radical (unpaired) electrons. The van der Waals surface area contributed by atoms with Crippen LogP contribution in [-0.2, 0) is 11.3 Å². The Labute approximate surface area is 124 Å². The van der Waals surface area contributed by atoms with Gasteiger partial charge in [-0.2, -0.15) is 0 Å². The number of hydrogen-bond donors (Lipinski definition) is 1. The van der Waals surface area contributed by atoms with Crippen LogP contribution in [0.1, 0.15) is 12.5 Å². The summed E-state index contributed by atoms with van der Waals surface area (Å²) < 4.78 is 5.69. The zero-order valence-electron chi connectivity index (χ0n) is 11.4. The molecule has 1 unspecified atom stereocenters. The smallest absolute Gasteiger partial charge is 0.148 e. The van der Waals surface area contributed by atoms with Crippen molar-refractivity contribution in [1.29, 1.82) is 0 Å². The fourth-order valence-corrected chi connectivity index (χ4v) is 1.90. The molecule has 0 aliphatic heterocycles. The van der Waals surface area contributed by atoms with Crippen LogP contribution < -0.4 is 5.32 Å². The molecule has 1 aromatic heterocycles. The van der Waals surface area contributed by atoms with Crippen LogP contribution in [0.3, 0.4) is 0 Å². The second-order valence-corrected chi connectivity index (χ2v) is 5.11. The third-order valence-electron chi connectivity index (χ3n) is 2.80. The molecular weight excluding hydrogens is 274 g/mol. The molecule has 106 valence electrons. The van der Waals surface area contributed by atoms with Crippen LogP contribution in [0.25, 0.3) is 0 Å². The molecule has 2 rings (SSSR count). The molecule has 0 aliphatic rings. The largest absolute Gasteiger partial charge is 0.376 e. The lowest BCUT2D eigenvalue weighted by Crippen LogP contribution is -2.17. The van der Waals surface area contributed by atoms with Gasteiger partial charge in [0.25, 0.3) is 0 Å². The lowest BCUT2D eigenvalue weighted by atomic mass is 10.2. The quantitative estimate of drug-likeness (QED) is 0.849. The highest BCUT2D eigenvalue weighted by Gasteiger charge is 2.05. The first kappa shape index (κ1) is 14.8. The summed E-state index contributed by atoms with van der Waals surface area (Å²) in [6, 6.07) is 10.1. The number of nitrogens with one attached hydrogen (secondary N) is 1. The van der Waals surface area contributed by atoms with Gasteiger partial charge in [0, 0.05) is 6.54 Å². The van der Waals surface area contributed by atoms with Crippen molar-refractivity contribution in [1.82, 2.24) is 9.97 Å². The maximum Gasteiger partial charge on any atom is 0.148 e. The Hall–Kier alpha value is -1.65. The van der Waals surface area contributed by atoms with Gasteiger partial charge in [0.15, 0.2) is 0 Å². The van der Waals surface area contributed by atoms with Crippen molar-refractivity contribution in [3.8, 4) is 0 Å². The molecule has 1 atom stereocenters. The molecule has 0 spiro atoms. The molecule has 0 bridgehead atoms. The van der Waals surface area contributed by atoms with E-state index < -0.39 is 0 Å². The summed E-state index contributed by atoms with van der Waals surface area (Å²) in [6.45, 7) is 4.20. The topological polar surface area (TPSA) is 47.0 Å². The van der Waals surface area contributed by atoms with E-state index in [9.17, 15) is 0 Å². The van der Waals surface area contributed by atoms with Gasteiger partial charge in [-0.15, -0.1) is 0 Å². The van der Waals surface area contributed by atoms with Gasteiger partial charge in [-0.1, -0.05) is 48.9 Å². The molecule has 1 aromatic carbocycles. The van der Waals surface area contributed by atoms with Crippen molar-refractivity contribution >= 4 is 17.4 Å². The van der Waals surface area contributed by atoms with Gasteiger partial charge >= 0.3 is 0 Å². The molecule has 20 heavy (non-hydrogen) atoms. The van der Waals surface area contributed by atoms with Gasteiger partial charge in [0.1, 0.15) is 17.2 Å².